The second kappa shape index (κ2) is 13.1. The van der Waals surface area contributed by atoms with Crippen LogP contribution in [0.1, 0.15) is 31.2 Å². The van der Waals surface area contributed by atoms with Gasteiger partial charge in [-0.25, -0.2) is 4.39 Å². The summed E-state index contributed by atoms with van der Waals surface area (Å²) in [5.74, 6) is 0.644. The van der Waals surface area contributed by atoms with E-state index in [0.29, 0.717) is 18.2 Å². The fourth-order valence-electron chi connectivity index (χ4n) is 5.96. The van der Waals surface area contributed by atoms with Gasteiger partial charge in [0.1, 0.15) is 11.6 Å². The molecule has 0 bridgehead atoms. The molecule has 0 radical (unpaired) electrons. The molecule has 2 aliphatic heterocycles. The van der Waals surface area contributed by atoms with E-state index in [1.165, 1.54) is 12.1 Å². The summed E-state index contributed by atoms with van der Waals surface area (Å²) in [5, 5.41) is 3.46. The minimum absolute atomic E-state index is 0.0228. The summed E-state index contributed by atoms with van der Waals surface area (Å²) in [7, 11) is 3.51. The van der Waals surface area contributed by atoms with Gasteiger partial charge >= 0.3 is 0 Å². The number of halogens is 1. The number of fused-ring (bicyclic) bond motifs is 1. The largest absolute Gasteiger partial charge is 0.497 e. The van der Waals surface area contributed by atoms with Crippen LogP contribution in [0, 0.1) is 11.7 Å². The predicted molar refractivity (Wildman–Crippen MR) is 159 cm³/mol. The smallest absolute Gasteiger partial charge is 0.260 e. The van der Waals surface area contributed by atoms with Gasteiger partial charge in [-0.2, -0.15) is 0 Å². The molecule has 2 aromatic rings. The van der Waals surface area contributed by atoms with E-state index in [0.717, 1.165) is 73.9 Å². The van der Waals surface area contributed by atoms with Gasteiger partial charge in [-0.15, -0.1) is 11.8 Å². The van der Waals surface area contributed by atoms with Crippen molar-refractivity contribution in [2.45, 2.75) is 37.0 Å². The molecule has 3 atom stereocenters. The van der Waals surface area contributed by atoms with Crippen molar-refractivity contribution in [2.24, 2.45) is 5.92 Å². The molecule has 1 N–H and O–H groups in total. The van der Waals surface area contributed by atoms with Gasteiger partial charge in [-0.3, -0.25) is 14.5 Å². The molecular weight excluding hydrogens is 527 g/mol. The average molecular weight is 567 g/mol. The van der Waals surface area contributed by atoms with Crippen LogP contribution < -0.4 is 15.0 Å². The number of rotatable bonds is 8. The van der Waals surface area contributed by atoms with E-state index in [9.17, 15) is 14.0 Å². The number of carbonyl (C=O) groups excluding carboxylic acids is 2. The van der Waals surface area contributed by atoms with Crippen LogP contribution in [-0.2, 0) is 9.59 Å². The van der Waals surface area contributed by atoms with E-state index in [4.69, 9.17) is 4.74 Å². The van der Waals surface area contributed by atoms with E-state index in [2.05, 4.69) is 15.1 Å². The fraction of sp³-hybridized carbons (Fsp3) is 0.484. The monoisotopic (exact) mass is 566 g/mol. The number of anilines is 1. The highest BCUT2D eigenvalue weighted by molar-refractivity contribution is 8.04. The summed E-state index contributed by atoms with van der Waals surface area (Å²) in [6.45, 7) is 5.38. The van der Waals surface area contributed by atoms with Crippen molar-refractivity contribution >= 4 is 35.3 Å². The van der Waals surface area contributed by atoms with Crippen LogP contribution in [0.4, 0.5) is 10.1 Å². The normalized spacial score (nSPS) is 24.6. The van der Waals surface area contributed by atoms with Crippen molar-refractivity contribution in [3.8, 4) is 5.75 Å². The molecule has 7 nitrogen and oxygen atoms in total. The standard InChI is InChI=1S/C31H39FN4O3S/c1-34-27-21-23(7-12-28(27)40-29(31(34)38)20-22-5-3-6-26(19-22)39-2)30(37)33-13-4-14-35-15-17-36(18-16-35)25-10-8-24(32)9-11-25/h3,5-6,8-11,19-20,23,27-28H,4,7,12-18,21H2,1-2H3,(H,33,37)/b29-20-. The molecule has 214 valence electrons. The summed E-state index contributed by atoms with van der Waals surface area (Å²) >= 11 is 1.66. The Labute approximate surface area is 240 Å². The van der Waals surface area contributed by atoms with Crippen molar-refractivity contribution in [3.63, 3.8) is 0 Å². The first kappa shape index (κ1) is 28.5. The van der Waals surface area contributed by atoms with Crippen LogP contribution >= 0.6 is 11.8 Å². The molecule has 3 fully saturated rings. The number of amides is 2. The van der Waals surface area contributed by atoms with Crippen LogP contribution in [0.15, 0.2) is 53.4 Å². The van der Waals surface area contributed by atoms with Crippen LogP contribution in [0.3, 0.4) is 0 Å². The number of ether oxygens (including phenoxy) is 1. The number of hydrogen-bond acceptors (Lipinski definition) is 6. The Morgan fingerprint density at radius 2 is 1.90 bits per heavy atom. The summed E-state index contributed by atoms with van der Waals surface area (Å²) in [5.41, 5.74) is 2.01. The first-order chi connectivity index (χ1) is 19.4. The van der Waals surface area contributed by atoms with E-state index < -0.39 is 0 Å². The average Bonchev–Trinajstić information content (AvgIpc) is 2.98. The van der Waals surface area contributed by atoms with E-state index in [-0.39, 0.29) is 29.6 Å². The summed E-state index contributed by atoms with van der Waals surface area (Å²) in [4.78, 5) is 33.5. The molecule has 9 heteroatoms. The Morgan fingerprint density at radius 3 is 2.65 bits per heavy atom. The minimum Gasteiger partial charge on any atom is -0.497 e. The number of nitrogens with zero attached hydrogens (tertiary/aromatic N) is 3. The van der Waals surface area contributed by atoms with Crippen molar-refractivity contribution in [1.82, 2.24) is 15.1 Å². The maximum Gasteiger partial charge on any atom is 0.260 e. The number of carbonyl (C=O) groups is 2. The first-order valence-corrected chi connectivity index (χ1v) is 15.1. The van der Waals surface area contributed by atoms with E-state index in [1.807, 2.05) is 54.4 Å². The molecule has 40 heavy (non-hydrogen) atoms. The highest BCUT2D eigenvalue weighted by Gasteiger charge is 2.42. The fourth-order valence-corrected chi connectivity index (χ4v) is 7.44. The third kappa shape index (κ3) is 6.81. The topological polar surface area (TPSA) is 65.1 Å². The maximum atomic E-state index is 13.2. The molecule has 3 aliphatic rings. The quantitative estimate of drug-likeness (QED) is 0.381. The zero-order valence-electron chi connectivity index (χ0n) is 23.4. The SMILES string of the molecule is COc1cccc(/C=C2\SC3CCC(C(=O)NCCCN4CCN(c5ccc(F)cc5)CC4)CC3N(C)C2=O)c1. The van der Waals surface area contributed by atoms with Crippen LogP contribution in [0.2, 0.25) is 0 Å². The molecule has 2 aromatic carbocycles. The van der Waals surface area contributed by atoms with Crippen LogP contribution in [0.5, 0.6) is 5.75 Å². The number of benzene rings is 2. The maximum absolute atomic E-state index is 13.2. The van der Waals surface area contributed by atoms with Crippen LogP contribution in [-0.4, -0.2) is 86.3 Å². The molecule has 1 aliphatic carbocycles. The number of nitrogens with one attached hydrogen (secondary N) is 1. The van der Waals surface area contributed by atoms with Crippen molar-refractivity contribution in [2.75, 3.05) is 58.3 Å². The zero-order valence-corrected chi connectivity index (χ0v) is 24.2. The zero-order chi connectivity index (χ0) is 28.1. The van der Waals surface area contributed by atoms with Gasteiger partial charge in [0.05, 0.1) is 12.0 Å². The van der Waals surface area contributed by atoms with Crippen molar-refractivity contribution in [3.05, 3.63) is 64.8 Å². The van der Waals surface area contributed by atoms with Gasteiger partial charge in [0.2, 0.25) is 5.91 Å². The number of methoxy groups -OCH3 is 1. The molecule has 2 saturated heterocycles. The second-order valence-corrected chi connectivity index (χ2v) is 12.2. The van der Waals surface area contributed by atoms with Crippen molar-refractivity contribution in [1.29, 1.82) is 0 Å². The number of hydrogen-bond donors (Lipinski definition) is 1. The molecular formula is C31H39FN4O3S. The molecule has 2 amide bonds. The predicted octanol–water partition coefficient (Wildman–Crippen LogP) is 4.25. The lowest BCUT2D eigenvalue weighted by Crippen LogP contribution is -2.52. The third-order valence-corrected chi connectivity index (χ3v) is 9.74. The number of likely N-dealkylation sites (N-methyl/N-ethyl adjacent to an activating group) is 1. The number of piperazine rings is 1. The number of thioether (sulfide) groups is 1. The molecule has 1 saturated carbocycles. The van der Waals surface area contributed by atoms with E-state index in [1.54, 1.807) is 18.9 Å². The third-order valence-electron chi connectivity index (χ3n) is 8.34. The van der Waals surface area contributed by atoms with Gasteiger partial charge < -0.3 is 19.9 Å². The van der Waals surface area contributed by atoms with Gasteiger partial charge in [-0.05, 0) is 80.3 Å². The van der Waals surface area contributed by atoms with E-state index >= 15 is 0 Å². The molecule has 3 unspecified atom stereocenters. The Bertz CT molecular complexity index is 1220. The van der Waals surface area contributed by atoms with Crippen molar-refractivity contribution < 1.29 is 18.7 Å². The van der Waals surface area contributed by atoms with Gasteiger partial charge in [-0.1, -0.05) is 12.1 Å². The second-order valence-electron chi connectivity index (χ2n) is 10.9. The lowest BCUT2D eigenvalue weighted by molar-refractivity contribution is -0.131. The highest BCUT2D eigenvalue weighted by Crippen LogP contribution is 2.43. The Hall–Kier alpha value is -3.04. The Morgan fingerprint density at radius 1 is 1.12 bits per heavy atom. The molecule has 5 rings (SSSR count). The lowest BCUT2D eigenvalue weighted by Gasteiger charge is -2.44. The van der Waals surface area contributed by atoms with Crippen LogP contribution in [0.25, 0.3) is 6.08 Å². The first-order valence-electron chi connectivity index (χ1n) is 14.2. The minimum atomic E-state index is -0.206. The molecule has 2 heterocycles. The Kier molecular flexibility index (Phi) is 9.32. The summed E-state index contributed by atoms with van der Waals surface area (Å²) < 4.78 is 18.5. The lowest BCUT2D eigenvalue weighted by atomic mass is 9.83. The molecule has 0 aromatic heterocycles. The Balaban J connectivity index is 1.04. The van der Waals surface area contributed by atoms with Gasteiger partial charge in [0.15, 0.2) is 0 Å². The molecule has 0 spiro atoms. The summed E-state index contributed by atoms with van der Waals surface area (Å²) in [6.07, 6.45) is 5.33. The summed E-state index contributed by atoms with van der Waals surface area (Å²) in [6, 6.07) is 14.5. The highest BCUT2D eigenvalue weighted by atomic mass is 32.2. The van der Waals surface area contributed by atoms with Gasteiger partial charge in [0.25, 0.3) is 5.91 Å². The van der Waals surface area contributed by atoms with Gasteiger partial charge in [0, 0.05) is 62.7 Å².